The van der Waals surface area contributed by atoms with Gasteiger partial charge in [-0.25, -0.2) is 0 Å². The number of carbonyl (C=O) groups excluding carboxylic acids is 2. The van der Waals surface area contributed by atoms with E-state index in [-0.39, 0.29) is 16.9 Å². The minimum atomic E-state index is -0.383. The van der Waals surface area contributed by atoms with Gasteiger partial charge in [0.15, 0.2) is 5.11 Å². The van der Waals surface area contributed by atoms with Gasteiger partial charge < -0.3 is 4.74 Å². The average molecular weight is 462 g/mol. The molecule has 0 aliphatic heterocycles. The summed E-state index contributed by atoms with van der Waals surface area (Å²) in [5, 5.41) is 2.53. The highest BCUT2D eigenvalue weighted by molar-refractivity contribution is 7.80. The number of nitrogens with one attached hydrogen (secondary N) is 3. The standard InChI is InChI=1S/C26H27N3O3S/c1-2-3-7-18-32-23-16-14-21(15-17-23)24(30)27-26(33)29-28-25(31)22-12-10-20(11-13-22)19-8-5-4-6-9-19/h4-6,8-17H,2-3,7,18H2,1H3,(H,28,31)(H2,27,29,30,33). The Bertz CT molecular complexity index is 1070. The van der Waals surface area contributed by atoms with Crippen molar-refractivity contribution >= 4 is 29.1 Å². The minimum absolute atomic E-state index is 0.00542. The number of amides is 2. The normalized spacial score (nSPS) is 10.2. The van der Waals surface area contributed by atoms with Crippen molar-refractivity contribution in [3.8, 4) is 16.9 Å². The maximum absolute atomic E-state index is 12.4. The summed E-state index contributed by atoms with van der Waals surface area (Å²) in [6.07, 6.45) is 3.26. The first-order valence-corrected chi connectivity index (χ1v) is 11.3. The van der Waals surface area contributed by atoms with Crippen LogP contribution in [0.1, 0.15) is 46.9 Å². The van der Waals surface area contributed by atoms with E-state index in [1.165, 1.54) is 0 Å². The summed E-state index contributed by atoms with van der Waals surface area (Å²) >= 11 is 5.11. The molecule has 0 fully saturated rings. The van der Waals surface area contributed by atoms with Gasteiger partial charge in [0.25, 0.3) is 11.8 Å². The molecule has 6 nitrogen and oxygen atoms in total. The Morgan fingerprint density at radius 2 is 1.36 bits per heavy atom. The molecule has 3 rings (SSSR count). The first-order valence-electron chi connectivity index (χ1n) is 10.9. The third kappa shape index (κ3) is 7.43. The lowest BCUT2D eigenvalue weighted by molar-refractivity contribution is 0.0934. The van der Waals surface area contributed by atoms with Crippen molar-refractivity contribution in [2.75, 3.05) is 6.61 Å². The monoisotopic (exact) mass is 461 g/mol. The molecule has 0 aliphatic carbocycles. The Morgan fingerprint density at radius 3 is 2.03 bits per heavy atom. The molecule has 0 aromatic heterocycles. The van der Waals surface area contributed by atoms with Crippen LogP contribution in [0.15, 0.2) is 78.9 Å². The number of thiocarbonyl (C=S) groups is 1. The van der Waals surface area contributed by atoms with Crippen LogP contribution in [0.5, 0.6) is 5.75 Å². The van der Waals surface area contributed by atoms with Gasteiger partial charge in [0, 0.05) is 11.1 Å². The van der Waals surface area contributed by atoms with Gasteiger partial charge in [0.1, 0.15) is 5.75 Å². The Labute approximate surface area is 199 Å². The SMILES string of the molecule is CCCCCOc1ccc(C(=O)NC(=S)NNC(=O)c2ccc(-c3ccccc3)cc2)cc1. The highest BCUT2D eigenvalue weighted by Gasteiger charge is 2.10. The summed E-state index contributed by atoms with van der Waals surface area (Å²) in [5.41, 5.74) is 8.03. The number of rotatable bonds is 8. The van der Waals surface area contributed by atoms with Gasteiger partial charge >= 0.3 is 0 Å². The second-order valence-electron chi connectivity index (χ2n) is 7.39. The van der Waals surface area contributed by atoms with Crippen LogP contribution in [-0.2, 0) is 0 Å². The lowest BCUT2D eigenvalue weighted by Gasteiger charge is -2.11. The van der Waals surface area contributed by atoms with Crippen LogP contribution in [0.3, 0.4) is 0 Å². The maximum Gasteiger partial charge on any atom is 0.269 e. The molecule has 0 saturated carbocycles. The topological polar surface area (TPSA) is 79.5 Å². The average Bonchev–Trinajstić information content (AvgIpc) is 2.86. The molecule has 0 atom stereocenters. The molecule has 2 amide bonds. The van der Waals surface area contributed by atoms with Crippen molar-refractivity contribution in [2.24, 2.45) is 0 Å². The smallest absolute Gasteiger partial charge is 0.269 e. The lowest BCUT2D eigenvalue weighted by atomic mass is 10.0. The van der Waals surface area contributed by atoms with E-state index in [9.17, 15) is 9.59 Å². The molecule has 0 unspecified atom stereocenters. The molecule has 0 bridgehead atoms. The van der Waals surface area contributed by atoms with E-state index in [0.717, 1.165) is 30.4 Å². The number of unbranched alkanes of at least 4 members (excludes halogenated alkanes) is 2. The lowest BCUT2D eigenvalue weighted by Crippen LogP contribution is -2.48. The second kappa shape index (κ2) is 12.4. The van der Waals surface area contributed by atoms with Crippen molar-refractivity contribution in [3.05, 3.63) is 90.0 Å². The van der Waals surface area contributed by atoms with Crippen molar-refractivity contribution in [1.29, 1.82) is 0 Å². The van der Waals surface area contributed by atoms with Gasteiger partial charge in [-0.1, -0.05) is 62.2 Å². The van der Waals surface area contributed by atoms with Crippen molar-refractivity contribution in [1.82, 2.24) is 16.2 Å². The molecule has 170 valence electrons. The van der Waals surface area contributed by atoms with Crippen LogP contribution < -0.4 is 20.9 Å². The molecular weight excluding hydrogens is 434 g/mol. The zero-order chi connectivity index (χ0) is 23.5. The third-order valence-electron chi connectivity index (χ3n) is 4.90. The van der Waals surface area contributed by atoms with Crippen LogP contribution in [-0.4, -0.2) is 23.5 Å². The van der Waals surface area contributed by atoms with Gasteiger partial charge in [-0.2, -0.15) is 0 Å². The molecule has 0 spiro atoms. The minimum Gasteiger partial charge on any atom is -0.494 e. The van der Waals surface area contributed by atoms with Crippen LogP contribution in [0.2, 0.25) is 0 Å². The van der Waals surface area contributed by atoms with Crippen LogP contribution in [0.25, 0.3) is 11.1 Å². The van der Waals surface area contributed by atoms with E-state index < -0.39 is 0 Å². The summed E-state index contributed by atoms with van der Waals surface area (Å²) in [6, 6.07) is 23.9. The zero-order valence-corrected chi connectivity index (χ0v) is 19.3. The number of benzene rings is 3. The van der Waals surface area contributed by atoms with Gasteiger partial charge in [-0.15, -0.1) is 0 Å². The Balaban J connectivity index is 1.44. The largest absolute Gasteiger partial charge is 0.494 e. The predicted molar refractivity (Wildman–Crippen MR) is 134 cm³/mol. The number of hydrogen-bond donors (Lipinski definition) is 3. The summed E-state index contributed by atoms with van der Waals surface area (Å²) in [6.45, 7) is 2.80. The fourth-order valence-electron chi connectivity index (χ4n) is 3.08. The van der Waals surface area contributed by atoms with Crippen molar-refractivity contribution in [3.63, 3.8) is 0 Å². The first kappa shape index (κ1) is 23.9. The zero-order valence-electron chi connectivity index (χ0n) is 18.5. The molecule has 0 saturated heterocycles. The molecule has 33 heavy (non-hydrogen) atoms. The second-order valence-corrected chi connectivity index (χ2v) is 7.79. The van der Waals surface area contributed by atoms with Crippen LogP contribution in [0.4, 0.5) is 0 Å². The highest BCUT2D eigenvalue weighted by Crippen LogP contribution is 2.19. The van der Waals surface area contributed by atoms with E-state index in [1.807, 2.05) is 42.5 Å². The molecule has 3 aromatic carbocycles. The van der Waals surface area contributed by atoms with Gasteiger partial charge in [-0.05, 0) is 66.2 Å². The van der Waals surface area contributed by atoms with Crippen molar-refractivity contribution < 1.29 is 14.3 Å². The van der Waals surface area contributed by atoms with E-state index >= 15 is 0 Å². The van der Waals surface area contributed by atoms with Crippen LogP contribution >= 0.6 is 12.2 Å². The Kier molecular flexibility index (Phi) is 8.97. The Hall–Kier alpha value is -3.71. The molecule has 0 aliphatic rings. The number of carbonyl (C=O) groups is 2. The Morgan fingerprint density at radius 1 is 0.758 bits per heavy atom. The van der Waals surface area contributed by atoms with E-state index in [0.29, 0.717) is 23.5 Å². The molecule has 3 aromatic rings. The fraction of sp³-hybridized carbons (Fsp3) is 0.192. The fourth-order valence-corrected chi connectivity index (χ4v) is 3.23. The number of hydrazine groups is 1. The molecule has 7 heteroatoms. The quantitative estimate of drug-likeness (QED) is 0.253. The highest BCUT2D eigenvalue weighted by atomic mass is 32.1. The van der Waals surface area contributed by atoms with Gasteiger partial charge in [0.2, 0.25) is 0 Å². The molecule has 0 radical (unpaired) electrons. The molecular formula is C26H27N3O3S. The third-order valence-corrected chi connectivity index (χ3v) is 5.11. The summed E-state index contributed by atoms with van der Waals surface area (Å²) in [4.78, 5) is 24.7. The van der Waals surface area contributed by atoms with E-state index in [4.69, 9.17) is 17.0 Å². The van der Waals surface area contributed by atoms with E-state index in [1.54, 1.807) is 36.4 Å². The summed E-state index contributed by atoms with van der Waals surface area (Å²) in [5.74, 6) is -0.0313. The summed E-state index contributed by atoms with van der Waals surface area (Å²) < 4.78 is 5.65. The van der Waals surface area contributed by atoms with Gasteiger partial charge in [0.05, 0.1) is 6.61 Å². The number of ether oxygens (including phenoxy) is 1. The molecule has 3 N–H and O–H groups in total. The maximum atomic E-state index is 12.4. The summed E-state index contributed by atoms with van der Waals surface area (Å²) in [7, 11) is 0. The van der Waals surface area contributed by atoms with Gasteiger partial charge in [-0.3, -0.25) is 25.8 Å². The van der Waals surface area contributed by atoms with Crippen molar-refractivity contribution in [2.45, 2.75) is 26.2 Å². The van der Waals surface area contributed by atoms with Crippen LogP contribution in [0, 0.1) is 0 Å². The first-order chi connectivity index (χ1) is 16.1. The molecule has 0 heterocycles. The van der Waals surface area contributed by atoms with E-state index in [2.05, 4.69) is 23.1 Å². The predicted octanol–water partition coefficient (Wildman–Crippen LogP) is 4.87. The number of hydrogen-bond acceptors (Lipinski definition) is 4.